The van der Waals surface area contributed by atoms with Crippen LogP contribution in [0.3, 0.4) is 0 Å². The van der Waals surface area contributed by atoms with Crippen LogP contribution in [-0.4, -0.2) is 26.0 Å². The highest BCUT2D eigenvalue weighted by Gasteiger charge is 2.32. The van der Waals surface area contributed by atoms with E-state index in [9.17, 15) is 4.79 Å². The van der Waals surface area contributed by atoms with Gasteiger partial charge in [0.1, 0.15) is 23.0 Å². The van der Waals surface area contributed by atoms with Gasteiger partial charge in [-0.05, 0) is 48.5 Å². The summed E-state index contributed by atoms with van der Waals surface area (Å²) in [7, 11) is 3.23. The maximum atomic E-state index is 13.3. The molecule has 1 heterocycles. The highest BCUT2D eigenvalue weighted by Crippen LogP contribution is 2.30. The Morgan fingerprint density at radius 3 is 2.21 bits per heavy atom. The fourth-order valence-corrected chi connectivity index (χ4v) is 3.20. The number of ether oxygens (including phenoxy) is 2. The molecule has 0 aromatic heterocycles. The van der Waals surface area contributed by atoms with Crippen LogP contribution in [0.2, 0.25) is 0 Å². The Morgan fingerprint density at radius 2 is 1.52 bits per heavy atom. The molecule has 0 radical (unpaired) electrons. The highest BCUT2D eigenvalue weighted by atomic mass is 16.5. The lowest BCUT2D eigenvalue weighted by molar-refractivity contribution is -0.113. The van der Waals surface area contributed by atoms with E-state index in [2.05, 4.69) is 4.99 Å². The largest absolute Gasteiger partial charge is 0.497 e. The Kier molecular flexibility index (Phi) is 5.12. The molecule has 5 heteroatoms. The van der Waals surface area contributed by atoms with Crippen LogP contribution in [0.1, 0.15) is 11.1 Å². The lowest BCUT2D eigenvalue weighted by atomic mass is 10.1. The molecule has 1 amide bonds. The molecule has 144 valence electrons. The number of aliphatic imine (C=N–C) groups is 1. The normalized spacial score (nSPS) is 14.8. The molecule has 0 aliphatic carbocycles. The van der Waals surface area contributed by atoms with Gasteiger partial charge < -0.3 is 9.47 Å². The van der Waals surface area contributed by atoms with E-state index in [1.54, 1.807) is 25.2 Å². The zero-order valence-electron chi connectivity index (χ0n) is 16.2. The number of anilines is 1. The van der Waals surface area contributed by atoms with Crippen molar-refractivity contribution < 1.29 is 14.3 Å². The van der Waals surface area contributed by atoms with Crippen molar-refractivity contribution in [2.75, 3.05) is 19.1 Å². The lowest BCUT2D eigenvalue weighted by Gasteiger charge is -2.18. The molecule has 0 atom stereocenters. The monoisotopic (exact) mass is 384 g/mol. The van der Waals surface area contributed by atoms with Crippen LogP contribution >= 0.6 is 0 Å². The first kappa shape index (κ1) is 18.5. The van der Waals surface area contributed by atoms with Gasteiger partial charge in [-0.2, -0.15) is 0 Å². The lowest BCUT2D eigenvalue weighted by Crippen LogP contribution is -2.32. The van der Waals surface area contributed by atoms with E-state index in [1.807, 2.05) is 78.9 Å². The third-order valence-corrected chi connectivity index (χ3v) is 4.65. The maximum absolute atomic E-state index is 13.3. The van der Waals surface area contributed by atoms with E-state index < -0.39 is 0 Å². The smallest absolute Gasteiger partial charge is 0.282 e. The van der Waals surface area contributed by atoms with Gasteiger partial charge in [-0.25, -0.2) is 4.99 Å². The second kappa shape index (κ2) is 8.02. The number of hydrogen-bond acceptors (Lipinski definition) is 4. The third-order valence-electron chi connectivity index (χ3n) is 4.65. The number of rotatable bonds is 5. The Bertz CT molecular complexity index is 1090. The Morgan fingerprint density at radius 1 is 0.828 bits per heavy atom. The van der Waals surface area contributed by atoms with Crippen LogP contribution in [0.15, 0.2) is 89.6 Å². The van der Waals surface area contributed by atoms with Gasteiger partial charge in [-0.3, -0.25) is 9.69 Å². The Balaban J connectivity index is 1.82. The van der Waals surface area contributed by atoms with Crippen molar-refractivity contribution in [1.29, 1.82) is 0 Å². The molecule has 4 rings (SSSR count). The molecule has 1 aliphatic heterocycles. The summed E-state index contributed by atoms with van der Waals surface area (Å²) in [6.45, 7) is 0. The first-order valence-electron chi connectivity index (χ1n) is 9.18. The number of hydrogen-bond donors (Lipinski definition) is 0. The number of carbonyl (C=O) groups excluding carboxylic acids is 1. The summed E-state index contributed by atoms with van der Waals surface area (Å²) in [4.78, 5) is 19.6. The van der Waals surface area contributed by atoms with Gasteiger partial charge in [0.25, 0.3) is 5.91 Å². The first-order valence-corrected chi connectivity index (χ1v) is 9.18. The predicted octanol–water partition coefficient (Wildman–Crippen LogP) is 4.54. The molecular formula is C24H20N2O3. The van der Waals surface area contributed by atoms with Crippen molar-refractivity contribution in [3.05, 3.63) is 95.7 Å². The fourth-order valence-electron chi connectivity index (χ4n) is 3.20. The molecule has 0 N–H and O–H groups in total. The van der Waals surface area contributed by atoms with Crippen molar-refractivity contribution in [2.45, 2.75) is 0 Å². The number of para-hydroxylation sites is 2. The second-order valence-corrected chi connectivity index (χ2v) is 6.41. The molecule has 0 unspecified atom stereocenters. The molecule has 3 aromatic carbocycles. The Labute approximate surface area is 169 Å². The van der Waals surface area contributed by atoms with E-state index in [0.29, 0.717) is 17.3 Å². The van der Waals surface area contributed by atoms with Crippen LogP contribution in [0, 0.1) is 0 Å². The third kappa shape index (κ3) is 3.62. The number of amidine groups is 1. The van der Waals surface area contributed by atoms with Gasteiger partial charge in [0, 0.05) is 11.1 Å². The number of nitrogens with zero attached hydrogens (tertiary/aromatic N) is 2. The summed E-state index contributed by atoms with van der Waals surface area (Å²) in [5, 5.41) is 0. The second-order valence-electron chi connectivity index (χ2n) is 6.41. The van der Waals surface area contributed by atoms with Crippen LogP contribution in [-0.2, 0) is 4.79 Å². The first-order chi connectivity index (χ1) is 14.2. The molecule has 0 fully saturated rings. The van der Waals surface area contributed by atoms with Crippen LogP contribution in [0.4, 0.5) is 5.69 Å². The van der Waals surface area contributed by atoms with E-state index in [4.69, 9.17) is 9.47 Å². The van der Waals surface area contributed by atoms with Crippen LogP contribution in [0.25, 0.3) is 6.08 Å². The minimum atomic E-state index is -0.187. The maximum Gasteiger partial charge on any atom is 0.282 e. The standard InChI is InChI=1S/C24H20N2O3/c1-28-20-14-12-17(13-15-20)23-25-21(16-18-8-6-7-11-22(18)29-2)24(27)26(23)19-9-4-3-5-10-19/h3-16H,1-2H3/b21-16+. The number of amides is 1. The van der Waals surface area contributed by atoms with Crippen LogP contribution in [0.5, 0.6) is 11.5 Å². The molecule has 0 spiro atoms. The average molecular weight is 384 g/mol. The van der Waals surface area contributed by atoms with Gasteiger partial charge in [-0.1, -0.05) is 36.4 Å². The van der Waals surface area contributed by atoms with Crippen molar-refractivity contribution in [3.63, 3.8) is 0 Å². The topological polar surface area (TPSA) is 51.1 Å². The zero-order chi connectivity index (χ0) is 20.2. The summed E-state index contributed by atoms with van der Waals surface area (Å²) in [5.74, 6) is 1.82. The predicted molar refractivity (Wildman–Crippen MR) is 114 cm³/mol. The number of carbonyl (C=O) groups is 1. The summed E-state index contributed by atoms with van der Waals surface area (Å²) in [5.41, 5.74) is 2.73. The van der Waals surface area contributed by atoms with Crippen molar-refractivity contribution in [2.24, 2.45) is 4.99 Å². The quantitative estimate of drug-likeness (QED) is 0.607. The molecule has 0 saturated heterocycles. The fraction of sp³-hybridized carbons (Fsp3) is 0.0833. The average Bonchev–Trinajstić information content (AvgIpc) is 3.10. The molecule has 1 aliphatic rings. The zero-order valence-corrected chi connectivity index (χ0v) is 16.2. The minimum Gasteiger partial charge on any atom is -0.497 e. The van der Waals surface area contributed by atoms with Gasteiger partial charge in [-0.15, -0.1) is 0 Å². The SMILES string of the molecule is COc1ccc(C2=N/C(=C/c3ccccc3OC)C(=O)N2c2ccccc2)cc1. The van der Waals surface area contributed by atoms with E-state index in [1.165, 1.54) is 0 Å². The van der Waals surface area contributed by atoms with E-state index >= 15 is 0 Å². The molecular weight excluding hydrogens is 364 g/mol. The number of methoxy groups -OCH3 is 2. The summed E-state index contributed by atoms with van der Waals surface area (Å²) >= 11 is 0. The van der Waals surface area contributed by atoms with Crippen molar-refractivity contribution in [1.82, 2.24) is 0 Å². The molecule has 3 aromatic rings. The van der Waals surface area contributed by atoms with E-state index in [0.717, 1.165) is 22.6 Å². The molecule has 29 heavy (non-hydrogen) atoms. The van der Waals surface area contributed by atoms with Crippen molar-refractivity contribution >= 4 is 23.5 Å². The van der Waals surface area contributed by atoms with Gasteiger partial charge in [0.2, 0.25) is 0 Å². The summed E-state index contributed by atoms with van der Waals surface area (Å²) in [6.07, 6.45) is 1.76. The summed E-state index contributed by atoms with van der Waals surface area (Å²) < 4.78 is 10.7. The molecule has 0 bridgehead atoms. The molecule has 5 nitrogen and oxygen atoms in total. The van der Waals surface area contributed by atoms with Gasteiger partial charge >= 0.3 is 0 Å². The van der Waals surface area contributed by atoms with Gasteiger partial charge in [0.05, 0.1) is 19.9 Å². The highest BCUT2D eigenvalue weighted by molar-refractivity contribution is 6.33. The van der Waals surface area contributed by atoms with Crippen molar-refractivity contribution in [3.8, 4) is 11.5 Å². The van der Waals surface area contributed by atoms with Gasteiger partial charge in [0.15, 0.2) is 0 Å². The summed E-state index contributed by atoms with van der Waals surface area (Å²) in [6, 6.07) is 24.5. The minimum absolute atomic E-state index is 0.187. The van der Waals surface area contributed by atoms with Crippen LogP contribution < -0.4 is 14.4 Å². The van der Waals surface area contributed by atoms with E-state index in [-0.39, 0.29) is 5.91 Å². The Hall–Kier alpha value is -3.86. The molecule has 0 saturated carbocycles. The number of benzene rings is 3.